The number of amides is 1. The second-order valence-electron chi connectivity index (χ2n) is 5.12. The van der Waals surface area contributed by atoms with E-state index in [1.165, 1.54) is 6.21 Å². The van der Waals surface area contributed by atoms with Crippen LogP contribution in [-0.2, 0) is 11.3 Å². The molecule has 23 heavy (non-hydrogen) atoms. The third-order valence-electron chi connectivity index (χ3n) is 3.44. The monoisotopic (exact) mass is 308 g/mol. The fourth-order valence-corrected chi connectivity index (χ4v) is 2.31. The van der Waals surface area contributed by atoms with Crippen LogP contribution in [0.2, 0.25) is 0 Å². The fourth-order valence-electron chi connectivity index (χ4n) is 2.31. The van der Waals surface area contributed by atoms with E-state index in [2.05, 4.69) is 15.5 Å². The number of aromatic nitrogens is 2. The number of para-hydroxylation sites is 2. The van der Waals surface area contributed by atoms with Crippen molar-refractivity contribution >= 4 is 23.2 Å². The van der Waals surface area contributed by atoms with E-state index in [0.29, 0.717) is 0 Å². The van der Waals surface area contributed by atoms with Crippen molar-refractivity contribution in [2.45, 2.75) is 13.5 Å². The quantitative estimate of drug-likeness (QED) is 0.573. The van der Waals surface area contributed by atoms with E-state index >= 15 is 0 Å². The highest BCUT2D eigenvalue weighted by atomic mass is 16.3. The largest absolute Gasteiger partial charge is 0.508 e. The van der Waals surface area contributed by atoms with Crippen molar-refractivity contribution < 1.29 is 9.90 Å². The number of imidazole rings is 1. The molecule has 2 N–H and O–H groups in total. The van der Waals surface area contributed by atoms with E-state index in [4.69, 9.17) is 0 Å². The van der Waals surface area contributed by atoms with E-state index in [1.807, 2.05) is 35.8 Å². The standard InChI is InChI=1S/C17H16N4O2/c1-12-19-15-4-2-3-5-16(15)21(12)11-17(23)20-18-10-13-6-8-14(22)9-7-13/h2-10,22H,11H2,1H3,(H,20,23). The molecule has 0 aliphatic heterocycles. The number of nitrogens with zero attached hydrogens (tertiary/aromatic N) is 3. The first-order valence-electron chi connectivity index (χ1n) is 7.16. The molecule has 116 valence electrons. The Morgan fingerprint density at radius 3 is 2.78 bits per heavy atom. The summed E-state index contributed by atoms with van der Waals surface area (Å²) in [6, 6.07) is 14.2. The van der Waals surface area contributed by atoms with E-state index in [0.717, 1.165) is 22.4 Å². The normalized spacial score (nSPS) is 11.2. The topological polar surface area (TPSA) is 79.5 Å². The molecule has 0 radical (unpaired) electrons. The molecule has 0 unspecified atom stereocenters. The molecular formula is C17H16N4O2. The predicted octanol–water partition coefficient (Wildman–Crippen LogP) is 2.20. The maximum absolute atomic E-state index is 12.0. The lowest BCUT2D eigenvalue weighted by Gasteiger charge is -2.05. The summed E-state index contributed by atoms with van der Waals surface area (Å²) in [5.74, 6) is 0.740. The van der Waals surface area contributed by atoms with Crippen LogP contribution in [0.15, 0.2) is 53.6 Å². The number of hydrogen-bond donors (Lipinski definition) is 2. The Bertz CT molecular complexity index is 866. The molecule has 0 saturated heterocycles. The van der Waals surface area contributed by atoms with Crippen molar-refractivity contribution in [3.05, 3.63) is 59.9 Å². The van der Waals surface area contributed by atoms with Crippen LogP contribution >= 0.6 is 0 Å². The Morgan fingerprint density at radius 1 is 1.26 bits per heavy atom. The minimum absolute atomic E-state index is 0.152. The highest BCUT2D eigenvalue weighted by Gasteiger charge is 2.09. The molecule has 1 amide bonds. The number of aromatic hydroxyl groups is 1. The van der Waals surface area contributed by atoms with Gasteiger partial charge in [0.2, 0.25) is 0 Å². The van der Waals surface area contributed by atoms with E-state index in [1.54, 1.807) is 24.3 Å². The van der Waals surface area contributed by atoms with Gasteiger partial charge in [0.05, 0.1) is 17.2 Å². The summed E-state index contributed by atoms with van der Waals surface area (Å²) in [4.78, 5) is 16.5. The molecule has 0 fully saturated rings. The van der Waals surface area contributed by atoms with Crippen LogP contribution in [0.1, 0.15) is 11.4 Å². The molecular weight excluding hydrogens is 292 g/mol. The number of phenolic OH excluding ortho intramolecular Hbond substituents is 1. The van der Waals surface area contributed by atoms with Gasteiger partial charge >= 0.3 is 0 Å². The van der Waals surface area contributed by atoms with Gasteiger partial charge in [-0.25, -0.2) is 10.4 Å². The zero-order valence-electron chi connectivity index (χ0n) is 12.6. The summed E-state index contributed by atoms with van der Waals surface area (Å²) >= 11 is 0. The van der Waals surface area contributed by atoms with Crippen LogP contribution in [-0.4, -0.2) is 26.8 Å². The SMILES string of the molecule is Cc1nc2ccccc2n1CC(=O)NN=Cc1ccc(O)cc1. The second kappa shape index (κ2) is 6.31. The number of phenols is 1. The van der Waals surface area contributed by atoms with Crippen molar-refractivity contribution in [3.63, 3.8) is 0 Å². The number of carbonyl (C=O) groups excluding carboxylic acids is 1. The maximum Gasteiger partial charge on any atom is 0.260 e. The lowest BCUT2D eigenvalue weighted by Crippen LogP contribution is -2.23. The van der Waals surface area contributed by atoms with Gasteiger partial charge in [-0.1, -0.05) is 12.1 Å². The fraction of sp³-hybridized carbons (Fsp3) is 0.118. The summed E-state index contributed by atoms with van der Waals surface area (Å²) in [7, 11) is 0. The van der Waals surface area contributed by atoms with Crippen molar-refractivity contribution in [1.82, 2.24) is 15.0 Å². The molecule has 0 bridgehead atoms. The Balaban J connectivity index is 1.67. The molecule has 0 aliphatic rings. The molecule has 0 saturated carbocycles. The van der Waals surface area contributed by atoms with Crippen molar-refractivity contribution in [1.29, 1.82) is 0 Å². The third kappa shape index (κ3) is 3.37. The lowest BCUT2D eigenvalue weighted by molar-refractivity contribution is -0.121. The Morgan fingerprint density at radius 2 is 2.00 bits per heavy atom. The van der Waals surface area contributed by atoms with E-state index in [-0.39, 0.29) is 18.2 Å². The number of rotatable bonds is 4. The van der Waals surface area contributed by atoms with Crippen LogP contribution in [0.25, 0.3) is 11.0 Å². The molecule has 1 heterocycles. The average Bonchev–Trinajstić information content (AvgIpc) is 2.85. The number of hydrogen-bond acceptors (Lipinski definition) is 4. The van der Waals surface area contributed by atoms with Crippen LogP contribution in [0.3, 0.4) is 0 Å². The first-order chi connectivity index (χ1) is 11.1. The molecule has 6 heteroatoms. The van der Waals surface area contributed by atoms with Crippen LogP contribution < -0.4 is 5.43 Å². The molecule has 6 nitrogen and oxygen atoms in total. The molecule has 3 rings (SSSR count). The molecule has 2 aromatic carbocycles. The van der Waals surface area contributed by atoms with E-state index < -0.39 is 0 Å². The molecule has 0 spiro atoms. The van der Waals surface area contributed by atoms with Crippen molar-refractivity contribution in [2.75, 3.05) is 0 Å². The Labute approximate surface area is 133 Å². The highest BCUT2D eigenvalue weighted by molar-refractivity contribution is 5.83. The maximum atomic E-state index is 12.0. The first-order valence-corrected chi connectivity index (χ1v) is 7.16. The molecule has 1 aromatic heterocycles. The van der Waals surface area contributed by atoms with Crippen molar-refractivity contribution in [2.24, 2.45) is 5.10 Å². The van der Waals surface area contributed by atoms with Gasteiger partial charge in [-0.3, -0.25) is 4.79 Å². The Kier molecular flexibility index (Phi) is 4.05. The lowest BCUT2D eigenvalue weighted by atomic mass is 10.2. The highest BCUT2D eigenvalue weighted by Crippen LogP contribution is 2.15. The first kappa shape index (κ1) is 14.8. The number of aryl methyl sites for hydroxylation is 1. The zero-order valence-corrected chi connectivity index (χ0v) is 12.6. The van der Waals surface area contributed by atoms with E-state index in [9.17, 15) is 9.90 Å². The van der Waals surface area contributed by atoms with Gasteiger partial charge in [0.25, 0.3) is 5.91 Å². The third-order valence-corrected chi connectivity index (χ3v) is 3.44. The van der Waals surface area contributed by atoms with Gasteiger partial charge in [-0.05, 0) is 48.9 Å². The molecule has 0 aliphatic carbocycles. The summed E-state index contributed by atoms with van der Waals surface area (Å²) in [6.45, 7) is 2.02. The number of hydrazone groups is 1. The average molecular weight is 308 g/mol. The van der Waals surface area contributed by atoms with Crippen molar-refractivity contribution in [3.8, 4) is 5.75 Å². The summed E-state index contributed by atoms with van der Waals surface area (Å²) in [6.07, 6.45) is 1.52. The second-order valence-corrected chi connectivity index (χ2v) is 5.12. The number of carbonyl (C=O) groups is 1. The molecule has 0 atom stereocenters. The minimum atomic E-state index is -0.230. The number of nitrogens with one attached hydrogen (secondary N) is 1. The number of fused-ring (bicyclic) bond motifs is 1. The smallest absolute Gasteiger partial charge is 0.260 e. The molecule has 3 aromatic rings. The van der Waals surface area contributed by atoms with Crippen LogP contribution in [0.5, 0.6) is 5.75 Å². The van der Waals surface area contributed by atoms with Gasteiger partial charge in [0, 0.05) is 0 Å². The Hall–Kier alpha value is -3.15. The van der Waals surface area contributed by atoms with Gasteiger partial charge < -0.3 is 9.67 Å². The summed E-state index contributed by atoms with van der Waals surface area (Å²) < 4.78 is 1.85. The zero-order chi connectivity index (χ0) is 16.2. The predicted molar refractivity (Wildman–Crippen MR) is 88.3 cm³/mol. The van der Waals surface area contributed by atoms with Gasteiger partial charge in [0.1, 0.15) is 18.1 Å². The van der Waals surface area contributed by atoms with Gasteiger partial charge in [-0.2, -0.15) is 5.10 Å². The van der Waals surface area contributed by atoms with Gasteiger partial charge in [-0.15, -0.1) is 0 Å². The van der Waals surface area contributed by atoms with Crippen LogP contribution in [0, 0.1) is 6.92 Å². The minimum Gasteiger partial charge on any atom is -0.508 e. The summed E-state index contributed by atoms with van der Waals surface area (Å²) in [5, 5.41) is 13.1. The van der Waals surface area contributed by atoms with Gasteiger partial charge in [0.15, 0.2) is 0 Å². The summed E-state index contributed by atoms with van der Waals surface area (Å²) in [5.41, 5.74) is 5.07. The van der Waals surface area contributed by atoms with Crippen LogP contribution in [0.4, 0.5) is 0 Å². The number of benzene rings is 2.